The minimum Gasteiger partial charge on any atom is -0.481 e. The van der Waals surface area contributed by atoms with Crippen LogP contribution in [-0.2, 0) is 17.6 Å². The summed E-state index contributed by atoms with van der Waals surface area (Å²) in [5, 5.41) is 8.66. The number of hydrogen-bond donors (Lipinski definition) is 1. The van der Waals surface area contributed by atoms with Gasteiger partial charge in [0.1, 0.15) is 0 Å². The lowest BCUT2D eigenvalue weighted by molar-refractivity contribution is -0.136. The number of carbonyl (C=O) groups is 1. The third-order valence-corrected chi connectivity index (χ3v) is 2.63. The zero-order chi connectivity index (χ0) is 10.1. The summed E-state index contributed by atoms with van der Waals surface area (Å²) in [5.41, 5.74) is 3.40. The molecule has 1 aliphatic rings. The predicted molar refractivity (Wildman–Crippen MR) is 54.8 cm³/mol. The lowest BCUT2D eigenvalue weighted by Crippen LogP contribution is -2.12. The van der Waals surface area contributed by atoms with E-state index in [4.69, 9.17) is 5.11 Å². The number of nitrogens with zero attached hydrogens (tertiary/aromatic N) is 1. The summed E-state index contributed by atoms with van der Waals surface area (Å²) in [7, 11) is 2.06. The van der Waals surface area contributed by atoms with Gasteiger partial charge in [0.15, 0.2) is 0 Å². The van der Waals surface area contributed by atoms with E-state index in [-0.39, 0.29) is 6.42 Å². The van der Waals surface area contributed by atoms with Gasteiger partial charge in [-0.3, -0.25) is 4.79 Å². The summed E-state index contributed by atoms with van der Waals surface area (Å²) < 4.78 is 0. The Kier molecular flexibility index (Phi) is 2.15. The van der Waals surface area contributed by atoms with Gasteiger partial charge >= 0.3 is 5.97 Å². The molecule has 1 heterocycles. The van der Waals surface area contributed by atoms with Crippen LogP contribution in [0.4, 0.5) is 5.69 Å². The van der Waals surface area contributed by atoms with Crippen molar-refractivity contribution in [3.8, 4) is 0 Å². The zero-order valence-corrected chi connectivity index (χ0v) is 8.16. The normalized spacial score (nSPS) is 14.2. The molecule has 74 valence electrons. The molecule has 1 N–H and O–H groups in total. The zero-order valence-electron chi connectivity index (χ0n) is 8.16. The molecule has 0 bridgehead atoms. The predicted octanol–water partition coefficient (Wildman–Crippen LogP) is 1.31. The Balaban J connectivity index is 2.28. The van der Waals surface area contributed by atoms with Crippen LogP contribution in [0.15, 0.2) is 18.2 Å². The topological polar surface area (TPSA) is 40.5 Å². The first-order valence-corrected chi connectivity index (χ1v) is 4.71. The molecule has 14 heavy (non-hydrogen) atoms. The summed E-state index contributed by atoms with van der Waals surface area (Å²) in [4.78, 5) is 12.7. The number of rotatable bonds is 2. The highest BCUT2D eigenvalue weighted by molar-refractivity contribution is 5.71. The van der Waals surface area contributed by atoms with Crippen LogP contribution >= 0.6 is 0 Å². The molecule has 0 fully saturated rings. The first kappa shape index (κ1) is 9.06. The van der Waals surface area contributed by atoms with Crippen LogP contribution in [0.3, 0.4) is 0 Å². The number of carboxylic acids is 1. The van der Waals surface area contributed by atoms with Crippen molar-refractivity contribution in [2.75, 3.05) is 18.5 Å². The largest absolute Gasteiger partial charge is 0.481 e. The van der Waals surface area contributed by atoms with Crippen LogP contribution in [0.1, 0.15) is 11.1 Å². The van der Waals surface area contributed by atoms with Gasteiger partial charge in [-0.05, 0) is 23.6 Å². The summed E-state index contributed by atoms with van der Waals surface area (Å²) in [6.45, 7) is 1.03. The van der Waals surface area contributed by atoms with Gasteiger partial charge in [0.2, 0.25) is 0 Å². The highest BCUT2D eigenvalue weighted by atomic mass is 16.4. The van der Waals surface area contributed by atoms with Gasteiger partial charge in [0.05, 0.1) is 6.42 Å². The van der Waals surface area contributed by atoms with Crippen molar-refractivity contribution in [1.29, 1.82) is 0 Å². The van der Waals surface area contributed by atoms with Gasteiger partial charge in [0.25, 0.3) is 0 Å². The van der Waals surface area contributed by atoms with E-state index in [1.54, 1.807) is 0 Å². The van der Waals surface area contributed by atoms with Crippen LogP contribution in [-0.4, -0.2) is 24.7 Å². The van der Waals surface area contributed by atoms with Gasteiger partial charge in [0, 0.05) is 19.3 Å². The maximum atomic E-state index is 10.5. The molecule has 0 aliphatic carbocycles. The van der Waals surface area contributed by atoms with Crippen molar-refractivity contribution < 1.29 is 9.90 Å². The number of likely N-dealkylation sites (N-methyl/N-ethyl adjacent to an activating group) is 1. The number of hydrogen-bond acceptors (Lipinski definition) is 2. The van der Waals surface area contributed by atoms with Crippen molar-refractivity contribution in [2.24, 2.45) is 0 Å². The monoisotopic (exact) mass is 191 g/mol. The molecule has 0 amide bonds. The quantitative estimate of drug-likeness (QED) is 0.766. The van der Waals surface area contributed by atoms with Crippen LogP contribution in [0.2, 0.25) is 0 Å². The minimum absolute atomic E-state index is 0.122. The summed E-state index contributed by atoms with van der Waals surface area (Å²) in [6.07, 6.45) is 1.15. The minimum atomic E-state index is -0.767. The fraction of sp³-hybridized carbons (Fsp3) is 0.364. The van der Waals surface area contributed by atoms with Gasteiger partial charge in [-0.25, -0.2) is 0 Å². The first-order valence-electron chi connectivity index (χ1n) is 4.71. The average molecular weight is 191 g/mol. The molecule has 0 unspecified atom stereocenters. The standard InChI is InChI=1S/C11H13NO2/c1-12-5-4-9-6-8(7-11(13)14)2-3-10(9)12/h2-3,6H,4-5,7H2,1H3,(H,13,14). The van der Waals surface area contributed by atoms with Crippen molar-refractivity contribution in [3.63, 3.8) is 0 Å². The van der Waals surface area contributed by atoms with Gasteiger partial charge in [-0.1, -0.05) is 12.1 Å². The SMILES string of the molecule is CN1CCc2cc(CC(=O)O)ccc21. The van der Waals surface area contributed by atoms with Gasteiger partial charge in [-0.15, -0.1) is 0 Å². The van der Waals surface area contributed by atoms with Crippen molar-refractivity contribution in [1.82, 2.24) is 0 Å². The Morgan fingerprint density at radius 2 is 2.36 bits per heavy atom. The Morgan fingerprint density at radius 3 is 3.07 bits per heavy atom. The molecule has 0 saturated heterocycles. The molecular formula is C11H13NO2. The van der Waals surface area contributed by atoms with E-state index in [9.17, 15) is 4.79 Å². The smallest absolute Gasteiger partial charge is 0.307 e. The molecule has 3 heteroatoms. The van der Waals surface area contributed by atoms with E-state index in [0.29, 0.717) is 0 Å². The van der Waals surface area contributed by atoms with Gasteiger partial charge in [-0.2, -0.15) is 0 Å². The molecule has 0 atom stereocenters. The fourth-order valence-corrected chi connectivity index (χ4v) is 1.90. The van der Waals surface area contributed by atoms with E-state index >= 15 is 0 Å². The van der Waals surface area contributed by atoms with E-state index in [1.807, 2.05) is 18.2 Å². The maximum absolute atomic E-state index is 10.5. The van der Waals surface area contributed by atoms with Crippen LogP contribution in [0, 0.1) is 0 Å². The summed E-state index contributed by atoms with van der Waals surface area (Å²) in [5.74, 6) is -0.767. The lowest BCUT2D eigenvalue weighted by Gasteiger charge is -2.11. The molecule has 3 nitrogen and oxygen atoms in total. The number of carboxylic acid groups (broad SMARTS) is 1. The van der Waals surface area contributed by atoms with Crippen LogP contribution < -0.4 is 4.90 Å². The molecule has 1 aromatic rings. The number of fused-ring (bicyclic) bond motifs is 1. The van der Waals surface area contributed by atoms with E-state index in [0.717, 1.165) is 18.5 Å². The summed E-state index contributed by atoms with van der Waals surface area (Å²) in [6, 6.07) is 5.92. The molecular weight excluding hydrogens is 178 g/mol. The van der Waals surface area contributed by atoms with Crippen LogP contribution in [0.25, 0.3) is 0 Å². The maximum Gasteiger partial charge on any atom is 0.307 e. The fourth-order valence-electron chi connectivity index (χ4n) is 1.90. The molecule has 0 aromatic heterocycles. The van der Waals surface area contributed by atoms with Gasteiger partial charge < -0.3 is 10.0 Å². The van der Waals surface area contributed by atoms with Crippen molar-refractivity contribution in [3.05, 3.63) is 29.3 Å². The molecule has 0 saturated carbocycles. The second kappa shape index (κ2) is 3.33. The Labute approximate surface area is 83.0 Å². The molecule has 1 aliphatic heterocycles. The Hall–Kier alpha value is -1.51. The van der Waals surface area contributed by atoms with E-state index < -0.39 is 5.97 Å². The van der Waals surface area contributed by atoms with Crippen molar-refractivity contribution >= 4 is 11.7 Å². The van der Waals surface area contributed by atoms with E-state index in [1.165, 1.54) is 11.3 Å². The highest BCUT2D eigenvalue weighted by Gasteiger charge is 2.15. The average Bonchev–Trinajstić information content (AvgIpc) is 2.46. The number of benzene rings is 1. The molecule has 0 spiro atoms. The number of anilines is 1. The molecule has 1 aromatic carbocycles. The third-order valence-electron chi connectivity index (χ3n) is 2.63. The second-order valence-corrected chi connectivity index (χ2v) is 3.71. The van der Waals surface area contributed by atoms with Crippen molar-refractivity contribution in [2.45, 2.75) is 12.8 Å². The highest BCUT2D eigenvalue weighted by Crippen LogP contribution is 2.27. The third kappa shape index (κ3) is 1.58. The Morgan fingerprint density at radius 1 is 1.57 bits per heavy atom. The van der Waals surface area contributed by atoms with Crippen LogP contribution in [0.5, 0.6) is 0 Å². The summed E-state index contributed by atoms with van der Waals surface area (Å²) >= 11 is 0. The molecule has 0 radical (unpaired) electrons. The number of aliphatic carboxylic acids is 1. The molecule has 2 rings (SSSR count). The second-order valence-electron chi connectivity index (χ2n) is 3.71. The lowest BCUT2D eigenvalue weighted by atomic mass is 10.1. The van der Waals surface area contributed by atoms with E-state index in [2.05, 4.69) is 11.9 Å². The Bertz CT molecular complexity index is 374. The first-order chi connectivity index (χ1) is 6.66.